The SMILES string of the molecule is COC(=O)c1ncoc1-c1cccc(Br)c1. The molecule has 0 aliphatic heterocycles. The molecule has 0 radical (unpaired) electrons. The van der Waals surface area contributed by atoms with Crippen molar-refractivity contribution in [3.05, 3.63) is 40.8 Å². The maximum atomic E-state index is 11.4. The van der Waals surface area contributed by atoms with Crippen LogP contribution in [0.3, 0.4) is 0 Å². The zero-order valence-corrected chi connectivity index (χ0v) is 10.0. The number of carbonyl (C=O) groups excluding carboxylic acids is 1. The predicted molar refractivity (Wildman–Crippen MR) is 61.0 cm³/mol. The molecule has 2 rings (SSSR count). The molecule has 5 heteroatoms. The Labute approximate surface area is 100 Å². The Morgan fingerprint density at radius 3 is 3.00 bits per heavy atom. The first-order valence-corrected chi connectivity index (χ1v) is 5.29. The van der Waals surface area contributed by atoms with E-state index in [1.807, 2.05) is 24.3 Å². The monoisotopic (exact) mass is 281 g/mol. The van der Waals surface area contributed by atoms with E-state index in [0.29, 0.717) is 5.76 Å². The average Bonchev–Trinajstić information content (AvgIpc) is 2.77. The highest BCUT2D eigenvalue weighted by Gasteiger charge is 2.18. The Hall–Kier alpha value is -1.62. The van der Waals surface area contributed by atoms with Crippen LogP contribution in [0.2, 0.25) is 0 Å². The molecule has 1 aromatic heterocycles. The van der Waals surface area contributed by atoms with Gasteiger partial charge in [-0.25, -0.2) is 9.78 Å². The maximum Gasteiger partial charge on any atom is 0.360 e. The maximum absolute atomic E-state index is 11.4. The summed E-state index contributed by atoms with van der Waals surface area (Å²) in [7, 11) is 1.31. The summed E-state index contributed by atoms with van der Waals surface area (Å²) in [6.07, 6.45) is 1.22. The van der Waals surface area contributed by atoms with Gasteiger partial charge in [0, 0.05) is 10.0 Å². The molecule has 0 aliphatic carbocycles. The Kier molecular flexibility index (Phi) is 3.05. The molecule has 0 saturated heterocycles. The minimum Gasteiger partial charge on any atom is -0.464 e. The van der Waals surface area contributed by atoms with Crippen LogP contribution in [-0.4, -0.2) is 18.1 Å². The summed E-state index contributed by atoms with van der Waals surface area (Å²) < 4.78 is 10.7. The van der Waals surface area contributed by atoms with Gasteiger partial charge in [0.2, 0.25) is 0 Å². The predicted octanol–water partition coefficient (Wildman–Crippen LogP) is 2.89. The van der Waals surface area contributed by atoms with Gasteiger partial charge in [-0.2, -0.15) is 0 Å². The van der Waals surface area contributed by atoms with Crippen molar-refractivity contribution in [3.63, 3.8) is 0 Å². The van der Waals surface area contributed by atoms with Gasteiger partial charge in [-0.1, -0.05) is 28.1 Å². The minimum atomic E-state index is -0.510. The van der Waals surface area contributed by atoms with E-state index >= 15 is 0 Å². The molecule has 0 unspecified atom stereocenters. The molecule has 0 atom stereocenters. The number of benzene rings is 1. The highest BCUT2D eigenvalue weighted by Crippen LogP contribution is 2.26. The molecular formula is C11H8BrNO3. The van der Waals surface area contributed by atoms with E-state index in [1.165, 1.54) is 13.5 Å². The average molecular weight is 282 g/mol. The van der Waals surface area contributed by atoms with Crippen LogP contribution < -0.4 is 0 Å². The standard InChI is InChI=1S/C11H8BrNO3/c1-15-11(14)9-10(16-6-13-9)7-3-2-4-8(12)5-7/h2-6H,1H3. The first kappa shape index (κ1) is 10.9. The smallest absolute Gasteiger partial charge is 0.360 e. The van der Waals surface area contributed by atoms with Gasteiger partial charge >= 0.3 is 5.97 Å². The lowest BCUT2D eigenvalue weighted by molar-refractivity contribution is 0.0595. The lowest BCUT2D eigenvalue weighted by Gasteiger charge is -2.00. The molecule has 0 spiro atoms. The number of ether oxygens (including phenoxy) is 1. The second-order valence-corrected chi connectivity index (χ2v) is 3.95. The van der Waals surface area contributed by atoms with Gasteiger partial charge in [-0.15, -0.1) is 0 Å². The Bertz CT molecular complexity index is 521. The topological polar surface area (TPSA) is 52.3 Å². The first-order chi connectivity index (χ1) is 7.72. The number of methoxy groups -OCH3 is 1. The van der Waals surface area contributed by atoms with Gasteiger partial charge in [0.15, 0.2) is 17.8 Å². The van der Waals surface area contributed by atoms with Gasteiger partial charge in [-0.3, -0.25) is 0 Å². The number of hydrogen-bond acceptors (Lipinski definition) is 4. The number of aromatic nitrogens is 1. The normalized spacial score (nSPS) is 10.1. The van der Waals surface area contributed by atoms with Crippen molar-refractivity contribution in [2.45, 2.75) is 0 Å². The Balaban J connectivity index is 2.48. The molecule has 2 aromatic rings. The van der Waals surface area contributed by atoms with Crippen LogP contribution in [0, 0.1) is 0 Å². The number of hydrogen-bond donors (Lipinski definition) is 0. The molecule has 4 nitrogen and oxygen atoms in total. The van der Waals surface area contributed by atoms with E-state index in [4.69, 9.17) is 4.42 Å². The lowest BCUT2D eigenvalue weighted by atomic mass is 10.1. The Morgan fingerprint density at radius 1 is 1.50 bits per heavy atom. The summed E-state index contributed by atoms with van der Waals surface area (Å²) >= 11 is 3.35. The van der Waals surface area contributed by atoms with Crippen LogP contribution in [0.5, 0.6) is 0 Å². The van der Waals surface area contributed by atoms with E-state index in [0.717, 1.165) is 10.0 Å². The number of nitrogens with zero attached hydrogens (tertiary/aromatic N) is 1. The highest BCUT2D eigenvalue weighted by atomic mass is 79.9. The molecular weight excluding hydrogens is 274 g/mol. The number of halogens is 1. The van der Waals surface area contributed by atoms with Crippen molar-refractivity contribution in [2.75, 3.05) is 7.11 Å². The third-order valence-corrected chi connectivity index (χ3v) is 2.53. The fourth-order valence-corrected chi connectivity index (χ4v) is 1.72. The molecule has 16 heavy (non-hydrogen) atoms. The summed E-state index contributed by atoms with van der Waals surface area (Å²) in [6, 6.07) is 7.41. The summed E-state index contributed by atoms with van der Waals surface area (Å²) in [6.45, 7) is 0. The van der Waals surface area contributed by atoms with Crippen LogP contribution in [0.1, 0.15) is 10.5 Å². The molecule has 0 aliphatic rings. The van der Waals surface area contributed by atoms with E-state index < -0.39 is 5.97 Å². The molecule has 0 N–H and O–H groups in total. The molecule has 0 amide bonds. The van der Waals surface area contributed by atoms with Crippen molar-refractivity contribution >= 4 is 21.9 Å². The van der Waals surface area contributed by atoms with Crippen LogP contribution in [0.25, 0.3) is 11.3 Å². The van der Waals surface area contributed by atoms with Crippen molar-refractivity contribution in [1.29, 1.82) is 0 Å². The van der Waals surface area contributed by atoms with Crippen LogP contribution in [0.15, 0.2) is 39.5 Å². The molecule has 0 fully saturated rings. The van der Waals surface area contributed by atoms with Gasteiger partial charge in [0.05, 0.1) is 7.11 Å². The van der Waals surface area contributed by atoms with Crippen LogP contribution in [-0.2, 0) is 4.74 Å². The molecule has 0 bridgehead atoms. The summed E-state index contributed by atoms with van der Waals surface area (Å²) in [5.41, 5.74) is 0.952. The number of rotatable bonds is 2. The number of oxazole rings is 1. The van der Waals surface area contributed by atoms with Crippen molar-refractivity contribution in [1.82, 2.24) is 4.98 Å². The van der Waals surface area contributed by atoms with Crippen molar-refractivity contribution in [3.8, 4) is 11.3 Å². The highest BCUT2D eigenvalue weighted by molar-refractivity contribution is 9.10. The molecule has 1 heterocycles. The van der Waals surface area contributed by atoms with Gasteiger partial charge in [-0.05, 0) is 12.1 Å². The van der Waals surface area contributed by atoms with Crippen LogP contribution >= 0.6 is 15.9 Å². The van der Waals surface area contributed by atoms with Crippen LogP contribution in [0.4, 0.5) is 0 Å². The van der Waals surface area contributed by atoms with E-state index in [1.54, 1.807) is 0 Å². The largest absolute Gasteiger partial charge is 0.464 e. The van der Waals surface area contributed by atoms with Gasteiger partial charge < -0.3 is 9.15 Å². The zero-order chi connectivity index (χ0) is 11.5. The summed E-state index contributed by atoms with van der Waals surface area (Å²) in [5, 5.41) is 0. The van der Waals surface area contributed by atoms with Gasteiger partial charge in [0.1, 0.15) is 0 Å². The van der Waals surface area contributed by atoms with Crippen molar-refractivity contribution in [2.24, 2.45) is 0 Å². The third kappa shape index (κ3) is 1.99. The minimum absolute atomic E-state index is 0.181. The number of carbonyl (C=O) groups is 1. The van der Waals surface area contributed by atoms with E-state index in [9.17, 15) is 4.79 Å². The molecule has 0 saturated carbocycles. The summed E-state index contributed by atoms with van der Waals surface area (Å²) in [5.74, 6) is -0.100. The lowest BCUT2D eigenvalue weighted by Crippen LogP contribution is -2.03. The second-order valence-electron chi connectivity index (χ2n) is 3.03. The molecule has 82 valence electrons. The van der Waals surface area contributed by atoms with Gasteiger partial charge in [0.25, 0.3) is 0 Å². The third-order valence-electron chi connectivity index (χ3n) is 2.03. The fourth-order valence-electron chi connectivity index (χ4n) is 1.32. The summed E-state index contributed by atoms with van der Waals surface area (Å²) in [4.78, 5) is 15.2. The quantitative estimate of drug-likeness (QED) is 0.795. The fraction of sp³-hybridized carbons (Fsp3) is 0.0909. The number of esters is 1. The van der Waals surface area contributed by atoms with E-state index in [-0.39, 0.29) is 5.69 Å². The first-order valence-electron chi connectivity index (χ1n) is 4.50. The second kappa shape index (κ2) is 4.49. The van der Waals surface area contributed by atoms with E-state index in [2.05, 4.69) is 25.7 Å². The molecule has 1 aromatic carbocycles. The van der Waals surface area contributed by atoms with Crippen molar-refractivity contribution < 1.29 is 13.9 Å². The zero-order valence-electron chi connectivity index (χ0n) is 8.44. The Morgan fingerprint density at radius 2 is 2.31 bits per heavy atom.